The smallest absolute Gasteiger partial charge is 0.326 e. The third-order valence-corrected chi connectivity index (χ3v) is 5.07. The van der Waals surface area contributed by atoms with Crippen molar-refractivity contribution in [3.05, 3.63) is 18.5 Å². The summed E-state index contributed by atoms with van der Waals surface area (Å²) >= 11 is 1.66. The number of aromatic nitrogens is 2. The maximum Gasteiger partial charge on any atom is 0.326 e. The monoisotopic (exact) mass is 293 g/mol. The number of hydrogen-bond acceptors (Lipinski definition) is 6. The number of carbonyl (C=O) groups excluding carboxylic acids is 1. The summed E-state index contributed by atoms with van der Waals surface area (Å²) in [4.78, 5) is 20.7. The maximum absolute atomic E-state index is 12.2. The van der Waals surface area contributed by atoms with Crippen molar-refractivity contribution in [3.8, 4) is 0 Å². The van der Waals surface area contributed by atoms with Crippen LogP contribution in [0.5, 0.6) is 0 Å². The van der Waals surface area contributed by atoms with E-state index in [1.807, 2.05) is 6.07 Å². The molecule has 1 N–H and O–H groups in total. The van der Waals surface area contributed by atoms with Crippen LogP contribution in [0.2, 0.25) is 0 Å². The van der Waals surface area contributed by atoms with E-state index in [2.05, 4.69) is 15.3 Å². The standard InChI is InChI=1S/C14H19N3O2S/c1-19-12(18)14(17-10-3-4-10)6-5-11(9-14)20-13-15-7-2-8-16-13/h2,7-8,10-11,17H,3-6,9H2,1H3. The number of thioether (sulfide) groups is 1. The van der Waals surface area contributed by atoms with E-state index in [9.17, 15) is 4.79 Å². The van der Waals surface area contributed by atoms with Crippen molar-refractivity contribution in [2.45, 2.75) is 54.1 Å². The first-order chi connectivity index (χ1) is 9.72. The molecular weight excluding hydrogens is 274 g/mol. The molecule has 2 unspecified atom stereocenters. The maximum atomic E-state index is 12.2. The van der Waals surface area contributed by atoms with E-state index in [1.54, 1.807) is 24.2 Å². The lowest BCUT2D eigenvalue weighted by Gasteiger charge is -2.27. The van der Waals surface area contributed by atoms with Crippen LogP contribution in [-0.2, 0) is 9.53 Å². The summed E-state index contributed by atoms with van der Waals surface area (Å²) in [5, 5.41) is 4.65. The number of ether oxygens (including phenoxy) is 1. The fourth-order valence-electron chi connectivity index (χ4n) is 2.79. The van der Waals surface area contributed by atoms with Gasteiger partial charge in [0.25, 0.3) is 0 Å². The van der Waals surface area contributed by atoms with Crippen molar-refractivity contribution in [2.24, 2.45) is 0 Å². The van der Waals surface area contributed by atoms with Crippen LogP contribution in [0.15, 0.2) is 23.6 Å². The molecule has 1 heterocycles. The van der Waals surface area contributed by atoms with Crippen molar-refractivity contribution in [1.29, 1.82) is 0 Å². The second kappa shape index (κ2) is 5.69. The molecule has 20 heavy (non-hydrogen) atoms. The molecule has 0 amide bonds. The predicted molar refractivity (Wildman–Crippen MR) is 76.4 cm³/mol. The Kier molecular flexibility index (Phi) is 3.94. The van der Waals surface area contributed by atoms with Crippen molar-refractivity contribution >= 4 is 17.7 Å². The molecule has 6 heteroatoms. The fourth-order valence-corrected chi connectivity index (χ4v) is 3.93. The normalized spacial score (nSPS) is 29.4. The summed E-state index contributed by atoms with van der Waals surface area (Å²) in [6.07, 6.45) is 8.44. The van der Waals surface area contributed by atoms with Gasteiger partial charge in [0.1, 0.15) is 5.54 Å². The van der Waals surface area contributed by atoms with E-state index in [0.717, 1.165) is 24.4 Å². The zero-order chi connectivity index (χ0) is 14.0. The lowest BCUT2D eigenvalue weighted by molar-refractivity contribution is -0.148. The molecule has 3 rings (SSSR count). The molecule has 2 fully saturated rings. The van der Waals surface area contributed by atoms with Crippen LogP contribution in [0.4, 0.5) is 0 Å². The SMILES string of the molecule is COC(=O)C1(NC2CC2)CCC(Sc2ncccn2)C1. The van der Waals surface area contributed by atoms with Gasteiger partial charge in [0.05, 0.1) is 7.11 Å². The third kappa shape index (κ3) is 2.96. The molecule has 1 aromatic rings. The fraction of sp³-hybridized carbons (Fsp3) is 0.643. The second-order valence-electron chi connectivity index (χ2n) is 5.51. The number of methoxy groups -OCH3 is 1. The van der Waals surface area contributed by atoms with E-state index in [0.29, 0.717) is 11.3 Å². The molecule has 0 radical (unpaired) electrons. The Morgan fingerprint density at radius 2 is 2.15 bits per heavy atom. The number of nitrogens with zero attached hydrogens (tertiary/aromatic N) is 2. The molecule has 0 aromatic carbocycles. The van der Waals surface area contributed by atoms with Gasteiger partial charge in [-0.2, -0.15) is 0 Å². The highest BCUT2D eigenvalue weighted by Gasteiger charge is 2.49. The summed E-state index contributed by atoms with van der Waals surface area (Å²) in [5.41, 5.74) is -0.498. The van der Waals surface area contributed by atoms with Gasteiger partial charge in [-0.3, -0.25) is 10.1 Å². The van der Waals surface area contributed by atoms with Crippen LogP contribution in [0.25, 0.3) is 0 Å². The van der Waals surface area contributed by atoms with Gasteiger partial charge in [-0.15, -0.1) is 0 Å². The van der Waals surface area contributed by atoms with E-state index >= 15 is 0 Å². The van der Waals surface area contributed by atoms with Crippen LogP contribution in [0.1, 0.15) is 32.1 Å². The second-order valence-corrected chi connectivity index (χ2v) is 6.77. The molecule has 0 saturated heterocycles. The van der Waals surface area contributed by atoms with Crippen molar-refractivity contribution in [1.82, 2.24) is 15.3 Å². The minimum absolute atomic E-state index is 0.124. The molecule has 2 atom stereocenters. The molecule has 5 nitrogen and oxygen atoms in total. The minimum atomic E-state index is -0.498. The Bertz CT molecular complexity index is 481. The van der Waals surface area contributed by atoms with Crippen molar-refractivity contribution in [3.63, 3.8) is 0 Å². The van der Waals surface area contributed by atoms with Gasteiger partial charge in [-0.05, 0) is 38.2 Å². The topological polar surface area (TPSA) is 64.1 Å². The molecule has 108 valence electrons. The summed E-state index contributed by atoms with van der Waals surface area (Å²) in [5.74, 6) is -0.124. The Morgan fingerprint density at radius 3 is 2.80 bits per heavy atom. The van der Waals surface area contributed by atoms with Gasteiger partial charge in [0.2, 0.25) is 0 Å². The highest BCUT2D eigenvalue weighted by atomic mass is 32.2. The van der Waals surface area contributed by atoms with Gasteiger partial charge in [-0.1, -0.05) is 11.8 Å². The quantitative estimate of drug-likeness (QED) is 0.659. The van der Waals surface area contributed by atoms with Gasteiger partial charge in [0, 0.05) is 23.7 Å². The van der Waals surface area contributed by atoms with E-state index < -0.39 is 5.54 Å². The van der Waals surface area contributed by atoms with Crippen molar-refractivity contribution in [2.75, 3.05) is 7.11 Å². The number of nitrogens with one attached hydrogen (secondary N) is 1. The molecule has 2 saturated carbocycles. The molecule has 2 aliphatic rings. The Morgan fingerprint density at radius 1 is 1.40 bits per heavy atom. The van der Waals surface area contributed by atoms with Crippen LogP contribution < -0.4 is 5.32 Å². The zero-order valence-electron chi connectivity index (χ0n) is 11.5. The van der Waals surface area contributed by atoms with Crippen LogP contribution in [0.3, 0.4) is 0 Å². The summed E-state index contributed by atoms with van der Waals surface area (Å²) in [6, 6.07) is 2.30. The van der Waals surface area contributed by atoms with Gasteiger partial charge < -0.3 is 4.74 Å². The molecular formula is C14H19N3O2S. The van der Waals surface area contributed by atoms with Gasteiger partial charge in [-0.25, -0.2) is 9.97 Å². The van der Waals surface area contributed by atoms with E-state index in [1.165, 1.54) is 20.0 Å². The van der Waals surface area contributed by atoms with Gasteiger partial charge in [0.15, 0.2) is 5.16 Å². The first-order valence-corrected chi connectivity index (χ1v) is 7.90. The Hall–Kier alpha value is -1.14. The summed E-state index contributed by atoms with van der Waals surface area (Å²) < 4.78 is 5.02. The van der Waals surface area contributed by atoms with Gasteiger partial charge >= 0.3 is 5.97 Å². The van der Waals surface area contributed by atoms with E-state index in [-0.39, 0.29) is 5.97 Å². The Labute approximate surface area is 122 Å². The highest BCUT2D eigenvalue weighted by molar-refractivity contribution is 7.99. The molecule has 2 aliphatic carbocycles. The minimum Gasteiger partial charge on any atom is -0.468 e. The number of rotatable bonds is 5. The van der Waals surface area contributed by atoms with Crippen molar-refractivity contribution < 1.29 is 9.53 Å². The summed E-state index contributed by atoms with van der Waals surface area (Å²) in [7, 11) is 1.47. The third-order valence-electron chi connectivity index (χ3n) is 3.92. The largest absolute Gasteiger partial charge is 0.468 e. The lowest BCUT2D eigenvalue weighted by Crippen LogP contribution is -2.52. The molecule has 0 spiro atoms. The molecule has 1 aromatic heterocycles. The first-order valence-electron chi connectivity index (χ1n) is 7.02. The number of carbonyl (C=O) groups is 1. The number of hydrogen-bond donors (Lipinski definition) is 1. The molecule has 0 bridgehead atoms. The molecule has 0 aliphatic heterocycles. The predicted octanol–water partition coefficient (Wildman–Crippen LogP) is 1.78. The summed E-state index contributed by atoms with van der Waals surface area (Å²) in [6.45, 7) is 0. The zero-order valence-corrected chi connectivity index (χ0v) is 12.4. The highest BCUT2D eigenvalue weighted by Crippen LogP contribution is 2.41. The lowest BCUT2D eigenvalue weighted by atomic mass is 9.97. The Balaban J connectivity index is 1.67. The van der Waals surface area contributed by atoms with Crippen LogP contribution >= 0.6 is 11.8 Å². The van der Waals surface area contributed by atoms with Crippen LogP contribution in [0, 0.1) is 0 Å². The van der Waals surface area contributed by atoms with Crippen LogP contribution in [-0.4, -0.2) is 39.9 Å². The average molecular weight is 293 g/mol. The van der Waals surface area contributed by atoms with E-state index in [4.69, 9.17) is 4.74 Å². The average Bonchev–Trinajstić information content (AvgIpc) is 3.19. The number of esters is 1. The first kappa shape index (κ1) is 13.8.